The second-order valence-electron chi connectivity index (χ2n) is 36.1. The van der Waals surface area contributed by atoms with E-state index in [0.717, 1.165) is 39.7 Å². The molecule has 1 spiro atoms. The minimum atomic E-state index is -0.616. The van der Waals surface area contributed by atoms with Crippen molar-refractivity contribution in [1.82, 2.24) is 13.7 Å². The van der Waals surface area contributed by atoms with Gasteiger partial charge in [0.25, 0.3) is 0 Å². The van der Waals surface area contributed by atoms with Crippen molar-refractivity contribution in [2.24, 2.45) is 0 Å². The lowest BCUT2D eigenvalue weighted by Gasteiger charge is -2.40. The zero-order valence-corrected chi connectivity index (χ0v) is 73.3. The summed E-state index contributed by atoms with van der Waals surface area (Å²) < 4.78 is 7.28. The second kappa shape index (κ2) is 30.4. The molecule has 0 saturated heterocycles. The first-order chi connectivity index (χ1) is 66.5. The standard InChI is InChI=1S/C80H51N3.C49H34N2/c1-4-21-54(22-5-1)79(55-23-6-2-7-24-55)68-32-14-10-27-60(68)62-46-44-58(50-72(62)79)81(57-42-39-52(40-43-57)53-41-48-76-67(49-53)65-30-13-17-36-74(65)82(76)56-25-8-3-9-26-56)59-45-47-63-61-28-11-15-33-69(61)80(73(63)51-59)70-34-16-19-38-77(70)83-75-37-18-12-29-64(75)66-31-20-35-71(80)78(66)83;1-4-14-36(15-5-1)49(37-16-6-2-7-17-37)45-22-12-10-20-41(45)42-30-29-39(33-46(42)49)50-38-27-24-34(25-28-38)35-26-31-48-44(32-35)43-21-11-13-23-47(43)51(48)40-18-8-3-9-19-40/h1-51H;1-33,50H. The highest BCUT2D eigenvalue weighted by Gasteiger charge is 2.53. The molecule has 3 aliphatic carbocycles. The molecule has 21 aromatic carbocycles. The van der Waals surface area contributed by atoms with Gasteiger partial charge in [-0.15, -0.1) is 0 Å². The summed E-state index contributed by atoms with van der Waals surface area (Å²) in [6.45, 7) is 0. The average Bonchev–Trinajstić information content (AvgIpc) is 1.49. The summed E-state index contributed by atoms with van der Waals surface area (Å²) in [5, 5.41) is 11.3. The number of aromatic nitrogens is 3. The first-order valence-corrected chi connectivity index (χ1v) is 46.5. The molecular formula is C129H85N5. The molecule has 0 radical (unpaired) electrons. The molecule has 28 rings (SSSR count). The Balaban J connectivity index is 0.000000153. The van der Waals surface area contributed by atoms with E-state index in [9.17, 15) is 0 Å². The zero-order valence-electron chi connectivity index (χ0n) is 73.3. The van der Waals surface area contributed by atoms with Crippen molar-refractivity contribution >= 4 is 93.9 Å². The summed E-state index contributed by atoms with van der Waals surface area (Å²) in [6.07, 6.45) is 0. The maximum Gasteiger partial charge on any atom is 0.0755 e. The first-order valence-electron chi connectivity index (χ1n) is 46.5. The van der Waals surface area contributed by atoms with Crippen molar-refractivity contribution < 1.29 is 0 Å². The molecule has 4 aliphatic rings. The molecule has 1 unspecified atom stereocenters. The fourth-order valence-corrected chi connectivity index (χ4v) is 24.0. The third kappa shape index (κ3) is 11.3. The quantitative estimate of drug-likeness (QED) is 0.125. The molecule has 3 aromatic heterocycles. The maximum absolute atomic E-state index is 3.75. The number of benzene rings is 21. The minimum Gasteiger partial charge on any atom is -0.356 e. The van der Waals surface area contributed by atoms with Crippen LogP contribution in [0.15, 0.2) is 510 Å². The highest BCUT2D eigenvalue weighted by Crippen LogP contribution is 2.64. The number of nitrogens with zero attached hydrogens (tertiary/aromatic N) is 4. The van der Waals surface area contributed by atoms with Gasteiger partial charge < -0.3 is 23.9 Å². The summed E-state index contributed by atoms with van der Waals surface area (Å²) in [5.41, 5.74) is 42.4. The molecule has 134 heavy (non-hydrogen) atoms. The van der Waals surface area contributed by atoms with Crippen LogP contribution in [0.1, 0.15) is 66.8 Å². The smallest absolute Gasteiger partial charge is 0.0755 e. The second-order valence-corrected chi connectivity index (χ2v) is 36.1. The van der Waals surface area contributed by atoms with Gasteiger partial charge in [0.15, 0.2) is 0 Å². The molecule has 1 aliphatic heterocycles. The van der Waals surface area contributed by atoms with E-state index in [1.165, 1.54) is 194 Å². The lowest BCUT2D eigenvalue weighted by Crippen LogP contribution is -2.33. The van der Waals surface area contributed by atoms with Gasteiger partial charge in [-0.05, 0) is 256 Å². The van der Waals surface area contributed by atoms with Crippen LogP contribution in [0.2, 0.25) is 0 Å². The largest absolute Gasteiger partial charge is 0.356 e. The third-order valence-electron chi connectivity index (χ3n) is 29.4. The molecule has 5 nitrogen and oxygen atoms in total. The molecule has 626 valence electrons. The predicted octanol–water partition coefficient (Wildman–Crippen LogP) is 32.6. The van der Waals surface area contributed by atoms with Gasteiger partial charge in [0.2, 0.25) is 0 Å². The molecule has 5 heteroatoms. The van der Waals surface area contributed by atoms with Crippen LogP contribution < -0.4 is 10.2 Å². The SMILES string of the molecule is c1ccc(-n2c3ccccc3c3cc(-c4ccc(N(c5ccc6c(c5)C(c5ccccc5)(c5ccccc5)c5ccccc5-6)c5ccc6c(c5)C5(c7ccccc7-6)c6ccccc6-n6c7ccccc7c7cccc5c76)cc4)ccc32)cc1.c1ccc(-n2c3ccccc3c3cc(-c4ccc(Nc5ccc6c(c5)C(c5ccccc5)(c5ccccc5)c5ccccc5-6)cc4)ccc32)cc1. The monoisotopic (exact) mass is 1700 g/mol. The van der Waals surface area contributed by atoms with Crippen LogP contribution in [0.4, 0.5) is 28.4 Å². The Kier molecular flexibility index (Phi) is 17.4. The van der Waals surface area contributed by atoms with Crippen LogP contribution in [0.5, 0.6) is 0 Å². The van der Waals surface area contributed by atoms with Crippen molar-refractivity contribution in [1.29, 1.82) is 0 Å². The summed E-state index contributed by atoms with van der Waals surface area (Å²) in [7, 11) is 0. The normalized spacial score (nSPS) is 14.1. The van der Waals surface area contributed by atoms with Gasteiger partial charge in [0.1, 0.15) is 0 Å². The fourth-order valence-electron chi connectivity index (χ4n) is 24.0. The van der Waals surface area contributed by atoms with Crippen molar-refractivity contribution in [3.05, 3.63) is 576 Å². The highest BCUT2D eigenvalue weighted by molar-refractivity contribution is 6.15. The Labute approximate surface area is 777 Å². The van der Waals surface area contributed by atoms with Crippen LogP contribution in [0, 0.1) is 0 Å². The molecule has 0 fully saturated rings. The number of anilines is 5. The van der Waals surface area contributed by atoms with Crippen molar-refractivity contribution in [2.45, 2.75) is 16.2 Å². The number of nitrogens with one attached hydrogen (secondary N) is 1. The van der Waals surface area contributed by atoms with Crippen LogP contribution in [0.25, 0.3) is 138 Å². The van der Waals surface area contributed by atoms with Crippen LogP contribution in [-0.2, 0) is 16.2 Å². The van der Waals surface area contributed by atoms with E-state index in [-0.39, 0.29) is 0 Å². The van der Waals surface area contributed by atoms with E-state index >= 15 is 0 Å². The summed E-state index contributed by atoms with van der Waals surface area (Å²) >= 11 is 0. The van der Waals surface area contributed by atoms with E-state index in [0.29, 0.717) is 0 Å². The Morgan fingerprint density at radius 3 is 0.978 bits per heavy atom. The molecule has 0 bridgehead atoms. The Morgan fingerprint density at radius 2 is 0.500 bits per heavy atom. The summed E-state index contributed by atoms with van der Waals surface area (Å²) in [6, 6.07) is 189. The van der Waals surface area contributed by atoms with Gasteiger partial charge >= 0.3 is 0 Å². The highest BCUT2D eigenvalue weighted by atomic mass is 15.1. The van der Waals surface area contributed by atoms with Gasteiger partial charge in [-0.3, -0.25) is 0 Å². The van der Waals surface area contributed by atoms with Crippen molar-refractivity contribution in [3.8, 4) is 72.7 Å². The molecule has 0 amide bonds. The lowest BCUT2D eigenvalue weighted by atomic mass is 9.65. The molecule has 24 aromatic rings. The Hall–Kier alpha value is -17.4. The van der Waals surface area contributed by atoms with Crippen molar-refractivity contribution in [2.75, 3.05) is 10.2 Å². The van der Waals surface area contributed by atoms with E-state index in [1.807, 2.05) is 0 Å². The molecular weight excluding hydrogens is 1620 g/mol. The minimum absolute atomic E-state index is 0.418. The van der Waals surface area contributed by atoms with Crippen molar-refractivity contribution in [3.63, 3.8) is 0 Å². The third-order valence-corrected chi connectivity index (χ3v) is 29.4. The number of rotatable bonds is 13. The van der Waals surface area contributed by atoms with Crippen LogP contribution >= 0.6 is 0 Å². The maximum atomic E-state index is 3.75. The summed E-state index contributed by atoms with van der Waals surface area (Å²) in [4.78, 5) is 2.52. The van der Waals surface area contributed by atoms with Gasteiger partial charge in [-0.25, -0.2) is 0 Å². The van der Waals surface area contributed by atoms with Gasteiger partial charge in [-0.1, -0.05) is 376 Å². The van der Waals surface area contributed by atoms with Crippen LogP contribution in [0.3, 0.4) is 0 Å². The molecule has 4 heterocycles. The molecule has 0 saturated carbocycles. The Morgan fingerprint density at radius 1 is 0.179 bits per heavy atom. The van der Waals surface area contributed by atoms with E-state index in [4.69, 9.17) is 0 Å². The first kappa shape index (κ1) is 76.6. The van der Waals surface area contributed by atoms with Gasteiger partial charge in [0, 0.05) is 72.1 Å². The zero-order chi connectivity index (χ0) is 88.2. The Bertz CT molecular complexity index is 8740. The average molecular weight is 1710 g/mol. The molecule has 1 atom stereocenters. The van der Waals surface area contributed by atoms with Crippen LogP contribution in [-0.4, -0.2) is 13.7 Å². The van der Waals surface area contributed by atoms with E-state index in [1.54, 1.807) is 0 Å². The van der Waals surface area contributed by atoms with Gasteiger partial charge in [0.05, 0.1) is 55.0 Å². The van der Waals surface area contributed by atoms with E-state index < -0.39 is 16.2 Å². The van der Waals surface area contributed by atoms with Gasteiger partial charge in [-0.2, -0.15) is 0 Å². The summed E-state index contributed by atoms with van der Waals surface area (Å²) in [5.74, 6) is 0. The lowest BCUT2D eigenvalue weighted by molar-refractivity contribution is 0.748. The topological polar surface area (TPSA) is 30.1 Å². The number of fused-ring (bicyclic) bond motifs is 24. The predicted molar refractivity (Wildman–Crippen MR) is 557 cm³/mol. The number of hydrogen-bond acceptors (Lipinski definition) is 2. The number of hydrogen-bond donors (Lipinski definition) is 1. The number of para-hydroxylation sites is 7. The molecule has 1 N–H and O–H groups in total. The van der Waals surface area contributed by atoms with E-state index in [2.05, 4.69) is 533 Å². The fraction of sp³-hybridized carbons (Fsp3) is 0.0233.